The van der Waals surface area contributed by atoms with Gasteiger partial charge in [-0.3, -0.25) is 4.90 Å². The van der Waals surface area contributed by atoms with Crippen molar-refractivity contribution in [3.63, 3.8) is 0 Å². The van der Waals surface area contributed by atoms with Crippen molar-refractivity contribution >= 4 is 0 Å². The SMILES string of the molecule is C=CCOCC(O)CN(Cc1c(-c2ccccc2)nn(C)c1Oc1ccc(C)cc1)CC1CCCO1. The third-order valence-corrected chi connectivity index (χ3v) is 6.25. The van der Waals surface area contributed by atoms with Gasteiger partial charge in [0.1, 0.15) is 11.4 Å². The van der Waals surface area contributed by atoms with E-state index in [4.69, 9.17) is 19.3 Å². The van der Waals surface area contributed by atoms with Crippen LogP contribution < -0.4 is 4.74 Å². The van der Waals surface area contributed by atoms with E-state index in [-0.39, 0.29) is 12.7 Å². The van der Waals surface area contributed by atoms with Crippen LogP contribution in [0.15, 0.2) is 67.3 Å². The summed E-state index contributed by atoms with van der Waals surface area (Å²) in [5.74, 6) is 1.44. The molecule has 1 saturated heterocycles. The van der Waals surface area contributed by atoms with E-state index in [1.165, 1.54) is 5.56 Å². The zero-order valence-electron chi connectivity index (χ0n) is 21.3. The Morgan fingerprint density at radius 2 is 2.00 bits per heavy atom. The lowest BCUT2D eigenvalue weighted by Gasteiger charge is -2.27. The lowest BCUT2D eigenvalue weighted by molar-refractivity contribution is 0.00845. The van der Waals surface area contributed by atoms with Gasteiger partial charge < -0.3 is 19.3 Å². The summed E-state index contributed by atoms with van der Waals surface area (Å²) in [6.07, 6.45) is 3.28. The van der Waals surface area contributed by atoms with Gasteiger partial charge in [0.15, 0.2) is 0 Å². The molecule has 1 N–H and O–H groups in total. The van der Waals surface area contributed by atoms with Gasteiger partial charge in [0.25, 0.3) is 0 Å². The first-order valence-corrected chi connectivity index (χ1v) is 12.6. The number of ether oxygens (including phenoxy) is 3. The summed E-state index contributed by atoms with van der Waals surface area (Å²) in [6.45, 7) is 8.90. The molecule has 0 aliphatic carbocycles. The first-order chi connectivity index (χ1) is 17.5. The third kappa shape index (κ3) is 7.04. The molecular formula is C29H37N3O4. The van der Waals surface area contributed by atoms with E-state index < -0.39 is 6.10 Å². The van der Waals surface area contributed by atoms with Crippen LogP contribution in [0.3, 0.4) is 0 Å². The molecule has 0 radical (unpaired) electrons. The van der Waals surface area contributed by atoms with Gasteiger partial charge in [0.2, 0.25) is 5.88 Å². The Hall–Kier alpha value is -2.97. The Balaban J connectivity index is 1.64. The van der Waals surface area contributed by atoms with Crippen LogP contribution in [-0.4, -0.2) is 64.9 Å². The van der Waals surface area contributed by atoms with Crippen molar-refractivity contribution in [2.75, 3.05) is 32.9 Å². The van der Waals surface area contributed by atoms with Crippen LogP contribution in [0.5, 0.6) is 11.6 Å². The van der Waals surface area contributed by atoms with Gasteiger partial charge in [-0.25, -0.2) is 4.68 Å². The summed E-state index contributed by atoms with van der Waals surface area (Å²) >= 11 is 0. The Morgan fingerprint density at radius 1 is 1.22 bits per heavy atom. The largest absolute Gasteiger partial charge is 0.439 e. The molecule has 7 nitrogen and oxygen atoms in total. The number of rotatable bonds is 13. The van der Waals surface area contributed by atoms with Crippen molar-refractivity contribution in [3.05, 3.63) is 78.4 Å². The summed E-state index contributed by atoms with van der Waals surface area (Å²) in [5.41, 5.74) is 4.04. The molecule has 1 aromatic heterocycles. The molecule has 0 saturated carbocycles. The van der Waals surface area contributed by atoms with E-state index in [0.29, 0.717) is 32.1 Å². The van der Waals surface area contributed by atoms with E-state index >= 15 is 0 Å². The molecule has 4 rings (SSSR count). The molecule has 2 atom stereocenters. The average Bonchev–Trinajstić information content (AvgIpc) is 3.49. The van der Waals surface area contributed by atoms with Crippen LogP contribution in [-0.2, 0) is 23.1 Å². The maximum atomic E-state index is 10.7. The number of aliphatic hydroxyl groups excluding tert-OH is 1. The van der Waals surface area contributed by atoms with Gasteiger partial charge in [-0.05, 0) is 31.9 Å². The molecule has 0 bridgehead atoms. The summed E-state index contributed by atoms with van der Waals surface area (Å²) in [5, 5.41) is 15.6. The monoisotopic (exact) mass is 491 g/mol. The van der Waals surface area contributed by atoms with Crippen molar-refractivity contribution < 1.29 is 19.3 Å². The second-order valence-electron chi connectivity index (χ2n) is 9.35. The maximum absolute atomic E-state index is 10.7. The van der Waals surface area contributed by atoms with E-state index in [0.717, 1.165) is 42.0 Å². The van der Waals surface area contributed by atoms with Crippen LogP contribution in [0.4, 0.5) is 0 Å². The van der Waals surface area contributed by atoms with E-state index in [1.54, 1.807) is 10.8 Å². The lowest BCUT2D eigenvalue weighted by atomic mass is 10.1. The molecule has 0 spiro atoms. The van der Waals surface area contributed by atoms with Crippen LogP contribution in [0.2, 0.25) is 0 Å². The smallest absolute Gasteiger partial charge is 0.222 e. The molecule has 3 aromatic rings. The summed E-state index contributed by atoms with van der Waals surface area (Å²) in [6, 6.07) is 18.2. The zero-order valence-corrected chi connectivity index (χ0v) is 21.3. The van der Waals surface area contributed by atoms with Crippen molar-refractivity contribution in [2.45, 2.75) is 38.5 Å². The van der Waals surface area contributed by atoms with Crippen molar-refractivity contribution in [1.29, 1.82) is 0 Å². The summed E-state index contributed by atoms with van der Waals surface area (Å²) in [7, 11) is 1.90. The van der Waals surface area contributed by atoms with Crippen molar-refractivity contribution in [1.82, 2.24) is 14.7 Å². The highest BCUT2D eigenvalue weighted by Crippen LogP contribution is 2.34. The molecular weight excluding hydrogens is 454 g/mol. The normalized spacial score (nSPS) is 16.4. The number of aryl methyl sites for hydroxylation is 2. The minimum Gasteiger partial charge on any atom is -0.439 e. The Kier molecular flexibility index (Phi) is 9.30. The van der Waals surface area contributed by atoms with Gasteiger partial charge in [-0.1, -0.05) is 54.1 Å². The number of aliphatic hydroxyl groups is 1. The highest BCUT2D eigenvalue weighted by Gasteiger charge is 2.26. The summed E-state index contributed by atoms with van der Waals surface area (Å²) in [4.78, 5) is 2.23. The number of hydrogen-bond acceptors (Lipinski definition) is 6. The Labute approximate surface area is 213 Å². The molecule has 36 heavy (non-hydrogen) atoms. The first kappa shape index (κ1) is 26.1. The number of benzene rings is 2. The summed E-state index contributed by atoms with van der Waals surface area (Å²) < 4.78 is 19.6. The molecule has 0 amide bonds. The minimum absolute atomic E-state index is 0.143. The molecule has 2 heterocycles. The second-order valence-corrected chi connectivity index (χ2v) is 9.35. The van der Waals surface area contributed by atoms with Gasteiger partial charge in [0.05, 0.1) is 31.0 Å². The van der Waals surface area contributed by atoms with Gasteiger partial charge in [-0.15, -0.1) is 6.58 Å². The van der Waals surface area contributed by atoms with Crippen LogP contribution >= 0.6 is 0 Å². The number of nitrogens with zero attached hydrogens (tertiary/aromatic N) is 3. The molecule has 1 fully saturated rings. The first-order valence-electron chi connectivity index (χ1n) is 12.6. The standard InChI is InChI=1S/C29H37N3O4/c1-4-16-34-21-24(33)18-32(19-26-11-8-17-35-26)20-27-28(23-9-6-5-7-10-23)30-31(3)29(27)36-25-14-12-22(2)13-15-25/h4-7,9-10,12-15,24,26,33H,1,8,11,16-21H2,2-3H3. The molecule has 2 unspecified atom stereocenters. The average molecular weight is 492 g/mol. The van der Waals surface area contributed by atoms with E-state index in [1.807, 2.05) is 49.5 Å². The fourth-order valence-electron chi connectivity index (χ4n) is 4.51. The fraction of sp³-hybridized carbons (Fsp3) is 0.414. The second kappa shape index (κ2) is 12.8. The van der Waals surface area contributed by atoms with E-state index in [2.05, 4.69) is 30.5 Å². The van der Waals surface area contributed by atoms with Crippen LogP contribution in [0.1, 0.15) is 24.0 Å². The van der Waals surface area contributed by atoms with Gasteiger partial charge in [0, 0.05) is 38.9 Å². The molecule has 1 aliphatic rings. The maximum Gasteiger partial charge on any atom is 0.222 e. The zero-order chi connectivity index (χ0) is 25.3. The van der Waals surface area contributed by atoms with Gasteiger partial charge in [-0.2, -0.15) is 5.10 Å². The molecule has 7 heteroatoms. The predicted octanol–water partition coefficient (Wildman–Crippen LogP) is 4.73. The highest BCUT2D eigenvalue weighted by molar-refractivity contribution is 5.65. The molecule has 2 aromatic carbocycles. The van der Waals surface area contributed by atoms with Gasteiger partial charge >= 0.3 is 0 Å². The quantitative estimate of drug-likeness (QED) is 0.275. The van der Waals surface area contributed by atoms with Crippen LogP contribution in [0, 0.1) is 6.92 Å². The highest BCUT2D eigenvalue weighted by atomic mass is 16.5. The fourth-order valence-corrected chi connectivity index (χ4v) is 4.51. The number of aromatic nitrogens is 2. The Morgan fingerprint density at radius 3 is 2.69 bits per heavy atom. The predicted molar refractivity (Wildman–Crippen MR) is 141 cm³/mol. The molecule has 192 valence electrons. The third-order valence-electron chi connectivity index (χ3n) is 6.25. The van der Waals surface area contributed by atoms with E-state index in [9.17, 15) is 5.11 Å². The Bertz CT molecular complexity index is 1090. The van der Waals surface area contributed by atoms with Crippen molar-refractivity contribution in [2.24, 2.45) is 7.05 Å². The van der Waals surface area contributed by atoms with Crippen LogP contribution in [0.25, 0.3) is 11.3 Å². The number of hydrogen-bond donors (Lipinski definition) is 1. The topological polar surface area (TPSA) is 69.0 Å². The lowest BCUT2D eigenvalue weighted by Crippen LogP contribution is -2.39. The molecule has 1 aliphatic heterocycles. The van der Waals surface area contributed by atoms with Crippen molar-refractivity contribution in [3.8, 4) is 22.9 Å². The minimum atomic E-state index is -0.635.